The number of hydrogen-bond donors (Lipinski definition) is 2. The minimum Gasteiger partial charge on any atom is -0.480 e. The van der Waals surface area contributed by atoms with Crippen LogP contribution in [0, 0.1) is 5.92 Å². The summed E-state index contributed by atoms with van der Waals surface area (Å²) in [6.45, 7) is 0. The lowest BCUT2D eigenvalue weighted by molar-refractivity contribution is -0.142. The quantitative estimate of drug-likeness (QED) is 0.778. The van der Waals surface area contributed by atoms with Crippen molar-refractivity contribution in [3.05, 3.63) is 24.2 Å². The van der Waals surface area contributed by atoms with Crippen molar-refractivity contribution in [1.82, 2.24) is 5.32 Å². The van der Waals surface area contributed by atoms with Crippen LogP contribution in [-0.4, -0.2) is 23.0 Å². The normalized spacial score (nSPS) is 16.5. The van der Waals surface area contributed by atoms with Gasteiger partial charge in [-0.15, -0.1) is 0 Å². The summed E-state index contributed by atoms with van der Waals surface area (Å²) in [5, 5.41) is 11.5. The molecule has 0 aromatic carbocycles. The zero-order valence-electron chi connectivity index (χ0n) is 9.39. The van der Waals surface area contributed by atoms with Gasteiger partial charge < -0.3 is 14.8 Å². The fourth-order valence-electron chi connectivity index (χ4n) is 1.75. The predicted octanol–water partition coefficient (Wildman–Crippen LogP) is 1.19. The van der Waals surface area contributed by atoms with Crippen molar-refractivity contribution in [2.24, 2.45) is 5.92 Å². The number of furan rings is 1. The summed E-state index contributed by atoms with van der Waals surface area (Å²) in [5.41, 5.74) is 0. The molecule has 1 aliphatic carbocycles. The van der Waals surface area contributed by atoms with Crippen LogP contribution in [0.1, 0.15) is 25.0 Å². The molecule has 92 valence electrons. The Morgan fingerprint density at radius 2 is 2.29 bits per heavy atom. The second-order valence-electron chi connectivity index (χ2n) is 4.30. The van der Waals surface area contributed by atoms with Crippen LogP contribution < -0.4 is 5.32 Å². The van der Waals surface area contributed by atoms with Gasteiger partial charge in [-0.2, -0.15) is 0 Å². The van der Waals surface area contributed by atoms with Crippen LogP contribution in [0.5, 0.6) is 0 Å². The monoisotopic (exact) mass is 237 g/mol. The Morgan fingerprint density at radius 1 is 1.53 bits per heavy atom. The lowest BCUT2D eigenvalue weighted by atomic mass is 10.1. The molecule has 1 atom stereocenters. The summed E-state index contributed by atoms with van der Waals surface area (Å²) in [6.07, 6.45) is 4.07. The van der Waals surface area contributed by atoms with E-state index in [0.717, 1.165) is 18.6 Å². The van der Waals surface area contributed by atoms with Crippen molar-refractivity contribution in [2.45, 2.75) is 31.7 Å². The van der Waals surface area contributed by atoms with Crippen molar-refractivity contribution in [3.63, 3.8) is 0 Å². The number of rotatable bonds is 6. The highest BCUT2D eigenvalue weighted by Crippen LogP contribution is 2.32. The van der Waals surface area contributed by atoms with Crippen LogP contribution in [0.3, 0.4) is 0 Å². The standard InChI is InChI=1S/C12H15NO4/c14-10(6-5-9-2-1-7-17-9)13-11(12(15)16)8-3-4-8/h1-2,7-8,11H,3-6H2,(H,13,14)(H,15,16). The molecular weight excluding hydrogens is 222 g/mol. The van der Waals surface area contributed by atoms with Crippen LogP contribution in [0.4, 0.5) is 0 Å². The van der Waals surface area contributed by atoms with Gasteiger partial charge >= 0.3 is 5.97 Å². The number of carbonyl (C=O) groups excluding carboxylic acids is 1. The molecule has 1 aliphatic rings. The van der Waals surface area contributed by atoms with Gasteiger partial charge in [-0.1, -0.05) is 0 Å². The van der Waals surface area contributed by atoms with E-state index in [0.29, 0.717) is 6.42 Å². The highest BCUT2D eigenvalue weighted by atomic mass is 16.4. The van der Waals surface area contributed by atoms with Crippen molar-refractivity contribution in [1.29, 1.82) is 0 Å². The van der Waals surface area contributed by atoms with E-state index in [1.165, 1.54) is 0 Å². The Balaban J connectivity index is 1.77. The van der Waals surface area contributed by atoms with Crippen LogP contribution >= 0.6 is 0 Å². The van der Waals surface area contributed by atoms with Gasteiger partial charge in [0.1, 0.15) is 11.8 Å². The Kier molecular flexibility index (Phi) is 3.46. The predicted molar refractivity (Wildman–Crippen MR) is 59.3 cm³/mol. The number of hydrogen-bond acceptors (Lipinski definition) is 3. The number of carboxylic acids is 1. The van der Waals surface area contributed by atoms with Gasteiger partial charge in [0.05, 0.1) is 6.26 Å². The van der Waals surface area contributed by atoms with E-state index in [1.54, 1.807) is 18.4 Å². The Bertz CT molecular complexity index is 395. The molecule has 2 rings (SSSR count). The smallest absolute Gasteiger partial charge is 0.326 e. The van der Waals surface area contributed by atoms with Crippen molar-refractivity contribution >= 4 is 11.9 Å². The fourth-order valence-corrected chi connectivity index (χ4v) is 1.75. The molecule has 0 bridgehead atoms. The van der Waals surface area contributed by atoms with Crippen molar-refractivity contribution in [3.8, 4) is 0 Å². The molecule has 0 spiro atoms. The molecular formula is C12H15NO4. The minimum atomic E-state index is -0.946. The fraction of sp³-hybridized carbons (Fsp3) is 0.500. The maximum absolute atomic E-state index is 11.6. The van der Waals surface area contributed by atoms with E-state index in [-0.39, 0.29) is 18.2 Å². The Labute approximate surface area is 98.8 Å². The highest BCUT2D eigenvalue weighted by molar-refractivity contribution is 5.84. The summed E-state index contributed by atoms with van der Waals surface area (Å²) in [4.78, 5) is 22.5. The van der Waals surface area contributed by atoms with E-state index in [9.17, 15) is 9.59 Å². The molecule has 5 nitrogen and oxygen atoms in total. The summed E-state index contributed by atoms with van der Waals surface area (Å²) in [7, 11) is 0. The lowest BCUT2D eigenvalue weighted by Gasteiger charge is -2.12. The average Bonchev–Trinajstić information content (AvgIpc) is 2.99. The van der Waals surface area contributed by atoms with Crippen LogP contribution in [0.25, 0.3) is 0 Å². The number of amides is 1. The highest BCUT2D eigenvalue weighted by Gasteiger charge is 2.37. The van der Waals surface area contributed by atoms with E-state index in [4.69, 9.17) is 9.52 Å². The van der Waals surface area contributed by atoms with Crippen LogP contribution in [0.2, 0.25) is 0 Å². The number of aryl methyl sites for hydroxylation is 1. The summed E-state index contributed by atoms with van der Waals surface area (Å²) < 4.78 is 5.10. The summed E-state index contributed by atoms with van der Waals surface area (Å²) in [6, 6.07) is 2.83. The van der Waals surface area contributed by atoms with Crippen molar-refractivity contribution < 1.29 is 19.1 Å². The third-order valence-electron chi connectivity index (χ3n) is 2.85. The van der Waals surface area contributed by atoms with Gasteiger partial charge in [-0.05, 0) is 30.9 Å². The zero-order chi connectivity index (χ0) is 12.3. The van der Waals surface area contributed by atoms with Gasteiger partial charge in [0.2, 0.25) is 5.91 Å². The van der Waals surface area contributed by atoms with Gasteiger partial charge in [0.25, 0.3) is 0 Å². The second-order valence-corrected chi connectivity index (χ2v) is 4.30. The number of carbonyl (C=O) groups is 2. The molecule has 0 aliphatic heterocycles. The van der Waals surface area contributed by atoms with E-state index < -0.39 is 12.0 Å². The minimum absolute atomic E-state index is 0.111. The largest absolute Gasteiger partial charge is 0.480 e. The molecule has 0 radical (unpaired) electrons. The lowest BCUT2D eigenvalue weighted by Crippen LogP contribution is -2.42. The maximum Gasteiger partial charge on any atom is 0.326 e. The average molecular weight is 237 g/mol. The number of carboxylic acid groups (broad SMARTS) is 1. The third-order valence-corrected chi connectivity index (χ3v) is 2.85. The summed E-state index contributed by atoms with van der Waals surface area (Å²) >= 11 is 0. The van der Waals surface area contributed by atoms with Gasteiger partial charge in [0, 0.05) is 12.8 Å². The Morgan fingerprint density at radius 3 is 2.82 bits per heavy atom. The van der Waals surface area contributed by atoms with E-state index in [1.807, 2.05) is 0 Å². The number of nitrogens with one attached hydrogen (secondary N) is 1. The molecule has 5 heteroatoms. The molecule has 1 unspecified atom stereocenters. The van der Waals surface area contributed by atoms with Crippen LogP contribution in [-0.2, 0) is 16.0 Å². The Hall–Kier alpha value is -1.78. The molecule has 1 aromatic rings. The molecule has 0 saturated heterocycles. The first-order valence-electron chi connectivity index (χ1n) is 5.71. The molecule has 1 fully saturated rings. The van der Waals surface area contributed by atoms with E-state index in [2.05, 4.69) is 5.32 Å². The first-order valence-corrected chi connectivity index (χ1v) is 5.71. The zero-order valence-corrected chi connectivity index (χ0v) is 9.39. The number of aliphatic carboxylic acids is 1. The molecule has 1 heterocycles. The van der Waals surface area contributed by atoms with Gasteiger partial charge in [-0.3, -0.25) is 4.79 Å². The van der Waals surface area contributed by atoms with E-state index >= 15 is 0 Å². The first kappa shape index (κ1) is 11.7. The molecule has 1 amide bonds. The second kappa shape index (κ2) is 5.03. The van der Waals surface area contributed by atoms with Gasteiger partial charge in [-0.25, -0.2) is 4.79 Å². The third kappa shape index (κ3) is 3.34. The molecule has 17 heavy (non-hydrogen) atoms. The molecule has 1 aromatic heterocycles. The maximum atomic E-state index is 11.6. The van der Waals surface area contributed by atoms with Crippen LogP contribution in [0.15, 0.2) is 22.8 Å². The topological polar surface area (TPSA) is 79.5 Å². The summed E-state index contributed by atoms with van der Waals surface area (Å²) in [5.74, 6) is -0.335. The molecule has 2 N–H and O–H groups in total. The van der Waals surface area contributed by atoms with Crippen molar-refractivity contribution in [2.75, 3.05) is 0 Å². The van der Waals surface area contributed by atoms with Gasteiger partial charge in [0.15, 0.2) is 0 Å². The molecule has 1 saturated carbocycles. The SMILES string of the molecule is O=C(CCc1ccco1)NC(C(=O)O)C1CC1. The first-order chi connectivity index (χ1) is 8.16.